The van der Waals surface area contributed by atoms with Crippen LogP contribution in [0.15, 0.2) is 72.8 Å². The average molecular weight is 368 g/mol. The van der Waals surface area contributed by atoms with Crippen LogP contribution in [0.25, 0.3) is 22.0 Å². The highest BCUT2D eigenvalue weighted by Crippen LogP contribution is 2.32. The Morgan fingerprint density at radius 3 is 2.29 bits per heavy atom. The Hall–Kier alpha value is -3.40. The number of nitrogens with one attached hydrogen (secondary N) is 1. The second-order valence-corrected chi connectivity index (χ2v) is 7.10. The number of nitrogens with zero attached hydrogens (tertiary/aromatic N) is 3. The first kappa shape index (κ1) is 18.0. The van der Waals surface area contributed by atoms with Crippen LogP contribution in [0.1, 0.15) is 11.4 Å². The van der Waals surface area contributed by atoms with Crippen molar-refractivity contribution in [2.75, 3.05) is 24.3 Å². The van der Waals surface area contributed by atoms with Crippen LogP contribution in [0.2, 0.25) is 0 Å². The Morgan fingerprint density at radius 1 is 0.821 bits per heavy atom. The van der Waals surface area contributed by atoms with Crippen molar-refractivity contribution in [3.8, 4) is 11.1 Å². The van der Waals surface area contributed by atoms with Crippen molar-refractivity contribution < 1.29 is 0 Å². The quantitative estimate of drug-likeness (QED) is 0.520. The van der Waals surface area contributed by atoms with Crippen molar-refractivity contribution in [2.24, 2.45) is 0 Å². The van der Waals surface area contributed by atoms with Crippen molar-refractivity contribution in [1.82, 2.24) is 9.97 Å². The van der Waals surface area contributed by atoms with Gasteiger partial charge in [-0.3, -0.25) is 0 Å². The first-order valence-corrected chi connectivity index (χ1v) is 9.45. The molecular formula is C24H24N4. The maximum absolute atomic E-state index is 4.72. The van der Waals surface area contributed by atoms with Crippen LogP contribution in [0.5, 0.6) is 0 Å². The van der Waals surface area contributed by atoms with E-state index in [4.69, 9.17) is 4.98 Å². The van der Waals surface area contributed by atoms with E-state index in [-0.39, 0.29) is 0 Å². The second kappa shape index (κ2) is 7.69. The van der Waals surface area contributed by atoms with Crippen molar-refractivity contribution in [2.45, 2.75) is 13.5 Å². The Morgan fingerprint density at radius 2 is 1.57 bits per heavy atom. The van der Waals surface area contributed by atoms with Crippen molar-refractivity contribution in [3.63, 3.8) is 0 Å². The summed E-state index contributed by atoms with van der Waals surface area (Å²) in [6.45, 7) is 2.65. The van der Waals surface area contributed by atoms with Gasteiger partial charge in [0.2, 0.25) is 0 Å². The predicted octanol–water partition coefficient (Wildman–Crippen LogP) is 5.28. The largest absolute Gasteiger partial charge is 0.378 e. The Labute approximate surface area is 165 Å². The molecule has 0 aliphatic rings. The number of fused-ring (bicyclic) bond motifs is 1. The molecule has 1 N–H and O–H groups in total. The van der Waals surface area contributed by atoms with E-state index < -0.39 is 0 Å². The minimum absolute atomic E-state index is 0.711. The van der Waals surface area contributed by atoms with E-state index in [1.54, 1.807) is 0 Å². The molecule has 0 saturated carbocycles. The summed E-state index contributed by atoms with van der Waals surface area (Å²) in [5.74, 6) is 1.64. The van der Waals surface area contributed by atoms with Crippen LogP contribution in [0, 0.1) is 6.92 Å². The molecule has 4 rings (SSSR count). The molecule has 0 bridgehead atoms. The van der Waals surface area contributed by atoms with E-state index in [2.05, 4.69) is 75.9 Å². The van der Waals surface area contributed by atoms with Gasteiger partial charge in [0.1, 0.15) is 11.6 Å². The number of hydrogen-bond donors (Lipinski definition) is 1. The van der Waals surface area contributed by atoms with Gasteiger partial charge in [-0.05, 0) is 41.8 Å². The molecule has 4 nitrogen and oxygen atoms in total. The molecule has 28 heavy (non-hydrogen) atoms. The third-order valence-corrected chi connectivity index (χ3v) is 4.83. The lowest BCUT2D eigenvalue weighted by Crippen LogP contribution is -2.09. The molecule has 0 aliphatic carbocycles. The number of aryl methyl sites for hydroxylation is 1. The van der Waals surface area contributed by atoms with Crippen LogP contribution in [-0.4, -0.2) is 24.1 Å². The van der Waals surface area contributed by atoms with Crippen molar-refractivity contribution in [1.29, 1.82) is 0 Å². The summed E-state index contributed by atoms with van der Waals surface area (Å²) in [7, 11) is 4.10. The lowest BCUT2D eigenvalue weighted by molar-refractivity contribution is 1.05. The van der Waals surface area contributed by atoms with Gasteiger partial charge < -0.3 is 10.2 Å². The number of aromatic nitrogens is 2. The van der Waals surface area contributed by atoms with E-state index in [0.29, 0.717) is 6.54 Å². The normalized spacial score (nSPS) is 10.8. The molecule has 0 radical (unpaired) electrons. The number of benzene rings is 3. The molecule has 0 amide bonds. The van der Waals surface area contributed by atoms with E-state index >= 15 is 0 Å². The number of anilines is 2. The molecule has 0 unspecified atom stereocenters. The zero-order chi connectivity index (χ0) is 19.5. The maximum Gasteiger partial charge on any atom is 0.138 e. The number of hydrogen-bond acceptors (Lipinski definition) is 4. The summed E-state index contributed by atoms with van der Waals surface area (Å²) in [5, 5.41) is 4.60. The second-order valence-electron chi connectivity index (χ2n) is 7.10. The topological polar surface area (TPSA) is 41.1 Å². The summed E-state index contributed by atoms with van der Waals surface area (Å²) in [4.78, 5) is 11.5. The first-order chi connectivity index (χ1) is 13.6. The minimum Gasteiger partial charge on any atom is -0.378 e. The summed E-state index contributed by atoms with van der Waals surface area (Å²) < 4.78 is 0. The first-order valence-electron chi connectivity index (χ1n) is 9.45. The highest BCUT2D eigenvalue weighted by atomic mass is 15.1. The van der Waals surface area contributed by atoms with Gasteiger partial charge in [-0.25, -0.2) is 9.97 Å². The van der Waals surface area contributed by atoms with E-state index in [1.807, 2.05) is 33.2 Å². The Balaban J connectivity index is 1.72. The van der Waals surface area contributed by atoms with Gasteiger partial charge in [0.05, 0.1) is 10.9 Å². The standard InChI is InChI=1S/C24H24N4/c1-17-26-22-11-7-10-21(19-8-5-4-6-9-19)23(22)24(27-17)25-16-18-12-14-20(15-13-18)28(2)3/h4-15H,16H2,1-3H3,(H,25,26,27). The molecule has 1 heterocycles. The summed E-state index contributed by atoms with van der Waals surface area (Å²) in [6.07, 6.45) is 0. The van der Waals surface area contributed by atoms with Gasteiger partial charge in [0.25, 0.3) is 0 Å². The molecule has 4 aromatic rings. The van der Waals surface area contributed by atoms with Gasteiger partial charge in [-0.15, -0.1) is 0 Å². The molecule has 140 valence electrons. The van der Waals surface area contributed by atoms with Crippen LogP contribution in [-0.2, 0) is 6.54 Å². The van der Waals surface area contributed by atoms with Crippen LogP contribution in [0.4, 0.5) is 11.5 Å². The fourth-order valence-corrected chi connectivity index (χ4v) is 3.38. The average Bonchev–Trinajstić information content (AvgIpc) is 2.72. The highest BCUT2D eigenvalue weighted by molar-refractivity contribution is 6.01. The van der Waals surface area contributed by atoms with Gasteiger partial charge in [0, 0.05) is 26.3 Å². The van der Waals surface area contributed by atoms with Crippen LogP contribution in [0.3, 0.4) is 0 Å². The van der Waals surface area contributed by atoms with Crippen molar-refractivity contribution in [3.05, 3.63) is 84.2 Å². The molecular weight excluding hydrogens is 344 g/mol. The molecule has 0 spiro atoms. The lowest BCUT2D eigenvalue weighted by Gasteiger charge is -2.15. The van der Waals surface area contributed by atoms with Gasteiger partial charge in [-0.1, -0.05) is 54.6 Å². The number of rotatable bonds is 5. The fourth-order valence-electron chi connectivity index (χ4n) is 3.38. The molecule has 3 aromatic carbocycles. The SMILES string of the molecule is Cc1nc(NCc2ccc(N(C)C)cc2)c2c(-c3ccccc3)cccc2n1. The lowest BCUT2D eigenvalue weighted by atomic mass is 10.0. The van der Waals surface area contributed by atoms with E-state index in [1.165, 1.54) is 16.8 Å². The molecule has 0 atom stereocenters. The summed E-state index contributed by atoms with van der Waals surface area (Å²) >= 11 is 0. The fraction of sp³-hybridized carbons (Fsp3) is 0.167. The highest BCUT2D eigenvalue weighted by Gasteiger charge is 2.12. The van der Waals surface area contributed by atoms with Crippen molar-refractivity contribution >= 4 is 22.4 Å². The molecule has 0 aliphatic heterocycles. The molecule has 1 aromatic heterocycles. The summed E-state index contributed by atoms with van der Waals surface area (Å²) in [6, 6.07) is 25.2. The van der Waals surface area contributed by atoms with Gasteiger partial charge in [0.15, 0.2) is 0 Å². The minimum atomic E-state index is 0.711. The maximum atomic E-state index is 4.72. The van der Waals surface area contributed by atoms with Gasteiger partial charge in [-0.2, -0.15) is 0 Å². The smallest absolute Gasteiger partial charge is 0.138 e. The van der Waals surface area contributed by atoms with Crippen LogP contribution < -0.4 is 10.2 Å². The Kier molecular flexibility index (Phi) is 4.94. The predicted molar refractivity (Wildman–Crippen MR) is 118 cm³/mol. The Bertz CT molecular complexity index is 1090. The van der Waals surface area contributed by atoms with Crippen LogP contribution >= 0.6 is 0 Å². The molecule has 0 saturated heterocycles. The van der Waals surface area contributed by atoms with Gasteiger partial charge >= 0.3 is 0 Å². The molecule has 0 fully saturated rings. The zero-order valence-corrected chi connectivity index (χ0v) is 16.5. The van der Waals surface area contributed by atoms with E-state index in [9.17, 15) is 0 Å². The molecule has 4 heteroatoms. The third kappa shape index (κ3) is 3.67. The zero-order valence-electron chi connectivity index (χ0n) is 16.5. The van der Waals surface area contributed by atoms with E-state index in [0.717, 1.165) is 28.1 Å². The monoisotopic (exact) mass is 368 g/mol. The third-order valence-electron chi connectivity index (χ3n) is 4.83. The summed E-state index contributed by atoms with van der Waals surface area (Å²) in [5.41, 5.74) is 5.67.